The van der Waals surface area contributed by atoms with Crippen LogP contribution in [-0.4, -0.2) is 19.1 Å². The van der Waals surface area contributed by atoms with Gasteiger partial charge in [-0.2, -0.15) is 5.10 Å². The highest BCUT2D eigenvalue weighted by Crippen LogP contribution is 2.25. The Bertz CT molecular complexity index is 1210. The first-order valence-electron chi connectivity index (χ1n) is 8.80. The van der Waals surface area contributed by atoms with Crippen molar-refractivity contribution in [1.29, 1.82) is 0 Å². The molecule has 0 aliphatic carbocycles. The van der Waals surface area contributed by atoms with E-state index >= 15 is 0 Å². The fourth-order valence-electron chi connectivity index (χ4n) is 2.65. The molecule has 0 saturated heterocycles. The van der Waals surface area contributed by atoms with Gasteiger partial charge in [-0.05, 0) is 48.9 Å². The van der Waals surface area contributed by atoms with Gasteiger partial charge in [-0.15, -0.1) is 0 Å². The van der Waals surface area contributed by atoms with Crippen LogP contribution in [0.1, 0.15) is 18.2 Å². The van der Waals surface area contributed by atoms with Crippen molar-refractivity contribution in [2.75, 3.05) is 5.43 Å². The number of hydrazone groups is 1. The third kappa shape index (κ3) is 4.53. The van der Waals surface area contributed by atoms with E-state index in [2.05, 4.69) is 20.2 Å². The topological polar surface area (TPSA) is 96.6 Å². The number of aromatic nitrogens is 1. The molecule has 2 N–H and O–H groups in total. The van der Waals surface area contributed by atoms with Crippen LogP contribution in [0, 0.1) is 0 Å². The first-order chi connectivity index (χ1) is 14.0. The van der Waals surface area contributed by atoms with E-state index in [0.717, 1.165) is 21.5 Å². The fraction of sp³-hybridized carbons (Fsp3) is 0.100. The number of fused-ring (bicyclic) bond motifs is 1. The zero-order valence-corrected chi connectivity index (χ0v) is 17.1. The van der Waals surface area contributed by atoms with Crippen LogP contribution < -0.4 is 10.1 Å². The van der Waals surface area contributed by atoms with E-state index in [4.69, 9.17) is 4.42 Å². The molecule has 148 valence electrons. The van der Waals surface area contributed by atoms with Gasteiger partial charge in [0.25, 0.3) is 0 Å². The van der Waals surface area contributed by atoms with Gasteiger partial charge in [0, 0.05) is 0 Å². The molecule has 7 nitrogen and oxygen atoms in total. The van der Waals surface area contributed by atoms with Crippen molar-refractivity contribution in [3.8, 4) is 0 Å². The predicted octanol–water partition coefficient (Wildman–Crippen LogP) is 4.20. The minimum atomic E-state index is -3.62. The van der Waals surface area contributed by atoms with Crippen LogP contribution in [0.4, 0.5) is 5.13 Å². The van der Waals surface area contributed by atoms with Crippen molar-refractivity contribution in [1.82, 2.24) is 9.71 Å². The lowest BCUT2D eigenvalue weighted by atomic mass is 10.1. The second-order valence-corrected chi connectivity index (χ2v) is 9.02. The highest BCUT2D eigenvalue weighted by Gasteiger charge is 2.14. The maximum Gasteiger partial charge on any atom is 0.240 e. The first-order valence-corrected chi connectivity index (χ1v) is 11.1. The second-order valence-electron chi connectivity index (χ2n) is 6.22. The smallest absolute Gasteiger partial charge is 0.240 e. The van der Waals surface area contributed by atoms with Gasteiger partial charge >= 0.3 is 0 Å². The summed E-state index contributed by atoms with van der Waals surface area (Å²) < 4.78 is 33.5. The minimum Gasteiger partial charge on any atom is -0.468 e. The molecule has 4 aromatic rings. The number of hydrogen-bond donors (Lipinski definition) is 2. The van der Waals surface area contributed by atoms with E-state index in [1.54, 1.807) is 36.4 Å². The Kier molecular flexibility index (Phi) is 5.43. The number of rotatable bonds is 7. The largest absolute Gasteiger partial charge is 0.468 e. The zero-order chi connectivity index (χ0) is 20.3. The summed E-state index contributed by atoms with van der Waals surface area (Å²) in [6.45, 7) is 1.95. The summed E-state index contributed by atoms with van der Waals surface area (Å²) in [5.74, 6) is 0.550. The van der Waals surface area contributed by atoms with Crippen LogP contribution in [0.5, 0.6) is 0 Å². The van der Waals surface area contributed by atoms with Gasteiger partial charge < -0.3 is 4.42 Å². The molecule has 0 bridgehead atoms. The molecule has 0 amide bonds. The Morgan fingerprint density at radius 3 is 2.62 bits per heavy atom. The maximum atomic E-state index is 12.4. The summed E-state index contributed by atoms with van der Waals surface area (Å²) in [5, 5.41) is 5.06. The molecule has 4 rings (SSSR count). The molecule has 29 heavy (non-hydrogen) atoms. The van der Waals surface area contributed by atoms with Crippen molar-refractivity contribution in [3.63, 3.8) is 0 Å². The SMILES string of the molecule is C/C(=N/Nc1nc2ccccc2s1)c1ccc(S(=O)(=O)NCc2ccco2)cc1. The summed E-state index contributed by atoms with van der Waals surface area (Å²) in [5.41, 5.74) is 5.42. The van der Waals surface area contributed by atoms with Crippen LogP contribution in [0.3, 0.4) is 0 Å². The third-order valence-electron chi connectivity index (χ3n) is 4.21. The van der Waals surface area contributed by atoms with E-state index in [0.29, 0.717) is 10.9 Å². The Morgan fingerprint density at radius 1 is 1.10 bits per heavy atom. The van der Waals surface area contributed by atoms with E-state index in [1.165, 1.54) is 17.6 Å². The van der Waals surface area contributed by atoms with Crippen LogP contribution >= 0.6 is 11.3 Å². The van der Waals surface area contributed by atoms with Crippen LogP contribution in [0.2, 0.25) is 0 Å². The van der Waals surface area contributed by atoms with Crippen LogP contribution in [0.15, 0.2) is 81.3 Å². The number of nitrogens with one attached hydrogen (secondary N) is 2. The maximum absolute atomic E-state index is 12.4. The van der Waals surface area contributed by atoms with Gasteiger partial charge in [0.1, 0.15) is 5.76 Å². The monoisotopic (exact) mass is 426 g/mol. The molecule has 0 atom stereocenters. The number of hydrogen-bond acceptors (Lipinski definition) is 7. The number of nitrogens with zero attached hydrogens (tertiary/aromatic N) is 2. The van der Waals surface area contributed by atoms with E-state index in [-0.39, 0.29) is 11.4 Å². The quantitative estimate of drug-likeness (QED) is 0.341. The van der Waals surface area contributed by atoms with Crippen molar-refractivity contribution in [3.05, 3.63) is 78.3 Å². The van der Waals surface area contributed by atoms with Gasteiger partial charge in [-0.1, -0.05) is 35.6 Å². The highest BCUT2D eigenvalue weighted by atomic mass is 32.2. The molecule has 9 heteroatoms. The minimum absolute atomic E-state index is 0.101. The molecule has 2 aromatic carbocycles. The number of sulfonamides is 1. The normalized spacial score (nSPS) is 12.4. The van der Waals surface area contributed by atoms with Gasteiger partial charge in [-0.25, -0.2) is 18.1 Å². The Morgan fingerprint density at radius 2 is 1.90 bits per heavy atom. The Hall–Kier alpha value is -3.01. The van der Waals surface area contributed by atoms with Crippen molar-refractivity contribution < 1.29 is 12.8 Å². The number of thiazole rings is 1. The lowest BCUT2D eigenvalue weighted by Gasteiger charge is -2.07. The lowest BCUT2D eigenvalue weighted by molar-refractivity contribution is 0.498. The van der Waals surface area contributed by atoms with Gasteiger partial charge in [-0.3, -0.25) is 5.43 Å². The number of benzene rings is 2. The molecule has 0 radical (unpaired) electrons. The molecule has 0 spiro atoms. The molecule has 0 aliphatic heterocycles. The summed E-state index contributed by atoms with van der Waals surface area (Å²) >= 11 is 1.52. The lowest BCUT2D eigenvalue weighted by Crippen LogP contribution is -2.23. The second kappa shape index (κ2) is 8.16. The Labute approximate surface area is 172 Å². The van der Waals surface area contributed by atoms with E-state index < -0.39 is 10.0 Å². The summed E-state index contributed by atoms with van der Waals surface area (Å²) in [6.07, 6.45) is 1.50. The molecule has 0 fully saturated rings. The number of furan rings is 1. The van der Waals surface area contributed by atoms with Gasteiger partial charge in [0.15, 0.2) is 0 Å². The molecule has 0 unspecified atom stereocenters. The van der Waals surface area contributed by atoms with Crippen LogP contribution in [-0.2, 0) is 16.6 Å². The Balaban J connectivity index is 1.44. The molecule has 0 aliphatic rings. The number of para-hydroxylation sites is 1. The van der Waals surface area contributed by atoms with Crippen molar-refractivity contribution in [2.24, 2.45) is 5.10 Å². The highest BCUT2D eigenvalue weighted by molar-refractivity contribution is 7.89. The standard InChI is InChI=1S/C20H18N4O3S2/c1-14(23-24-20-22-18-6-2-3-7-19(18)28-20)15-8-10-17(11-9-15)29(25,26)21-13-16-5-4-12-27-16/h2-12,21H,13H2,1H3,(H,22,24)/b23-14-. The average molecular weight is 427 g/mol. The first kappa shape index (κ1) is 19.3. The van der Waals surface area contributed by atoms with E-state index in [9.17, 15) is 8.42 Å². The predicted molar refractivity (Wildman–Crippen MR) is 115 cm³/mol. The molecule has 2 heterocycles. The molecule has 2 aromatic heterocycles. The van der Waals surface area contributed by atoms with Crippen molar-refractivity contribution in [2.45, 2.75) is 18.4 Å². The number of anilines is 1. The average Bonchev–Trinajstić information content (AvgIpc) is 3.40. The van der Waals surface area contributed by atoms with Crippen molar-refractivity contribution >= 4 is 42.4 Å². The molecule has 0 saturated carbocycles. The summed E-state index contributed by atoms with van der Waals surface area (Å²) in [7, 11) is -3.62. The summed E-state index contributed by atoms with van der Waals surface area (Å²) in [4.78, 5) is 4.65. The zero-order valence-electron chi connectivity index (χ0n) is 15.5. The van der Waals surface area contributed by atoms with Gasteiger partial charge in [0.2, 0.25) is 15.2 Å². The molecular weight excluding hydrogens is 408 g/mol. The third-order valence-corrected chi connectivity index (χ3v) is 6.57. The van der Waals surface area contributed by atoms with Gasteiger partial charge in [0.05, 0.1) is 33.6 Å². The fourth-order valence-corrected chi connectivity index (χ4v) is 4.46. The summed E-state index contributed by atoms with van der Waals surface area (Å²) in [6, 6.07) is 17.8. The molecular formula is C20H18N4O3S2. The van der Waals surface area contributed by atoms with Crippen LogP contribution in [0.25, 0.3) is 10.2 Å². The van der Waals surface area contributed by atoms with E-state index in [1.807, 2.05) is 31.2 Å².